The van der Waals surface area contributed by atoms with Crippen molar-refractivity contribution in [3.05, 3.63) is 0 Å². The average molecular weight is 162 g/mol. The monoisotopic (exact) mass is 162 g/mol. The van der Waals surface area contributed by atoms with Gasteiger partial charge in [-0.3, -0.25) is 9.59 Å². The summed E-state index contributed by atoms with van der Waals surface area (Å²) in [6, 6.07) is 0. The minimum atomic E-state index is -1.06. The minimum absolute atomic E-state index is 0.312. The Balaban J connectivity index is 0. The number of carboxylic acids is 1. The molecule has 0 atom stereocenters. The number of Topliss-reactive ketones (excluding diaryl/α,β-unsaturated/α-hetero) is 1. The number of carbonyl (C=O) groups is 2. The van der Waals surface area contributed by atoms with Crippen LogP contribution in [0.1, 0.15) is 13.3 Å². The number of rotatable bonds is 3. The lowest BCUT2D eigenvalue weighted by atomic mass is 10.3. The zero-order valence-corrected chi connectivity index (χ0v) is 6.54. The lowest BCUT2D eigenvalue weighted by Crippen LogP contribution is -2.11. The summed E-state index contributed by atoms with van der Waals surface area (Å²) in [5.41, 5.74) is 9.81. The highest BCUT2D eigenvalue weighted by Gasteiger charge is 1.98. The summed E-state index contributed by atoms with van der Waals surface area (Å²) < 4.78 is 0. The molecular formula is C6H14N2O3. The smallest absolute Gasteiger partial charge is 0.310 e. The van der Waals surface area contributed by atoms with E-state index in [-0.39, 0.29) is 12.2 Å². The van der Waals surface area contributed by atoms with Crippen molar-refractivity contribution in [1.82, 2.24) is 0 Å². The van der Waals surface area contributed by atoms with Crippen LogP contribution in [0.2, 0.25) is 0 Å². The fraction of sp³-hybridized carbons (Fsp3) is 0.667. The number of aliphatic carboxylic acids is 1. The number of hydrogen-bond donors (Lipinski definition) is 3. The quantitative estimate of drug-likeness (QED) is 0.459. The molecule has 0 aliphatic rings. The van der Waals surface area contributed by atoms with E-state index in [9.17, 15) is 9.59 Å². The molecule has 0 unspecified atom stereocenters. The highest BCUT2D eigenvalue weighted by Crippen LogP contribution is 1.77. The molecule has 0 fully saturated rings. The first-order chi connectivity index (χ1) is 5.04. The predicted octanol–water partition coefficient (Wildman–Crippen LogP) is -1.05. The number of nitrogens with two attached hydrogens (primary N) is 2. The molecule has 0 aromatic carbocycles. The molecule has 0 aromatic rings. The summed E-state index contributed by atoms with van der Waals surface area (Å²) >= 11 is 0. The van der Waals surface area contributed by atoms with Gasteiger partial charge in [-0.1, -0.05) is 0 Å². The van der Waals surface area contributed by atoms with Crippen LogP contribution in [0.5, 0.6) is 0 Å². The first kappa shape index (κ1) is 12.7. The second-order valence-corrected chi connectivity index (χ2v) is 1.85. The molecule has 11 heavy (non-hydrogen) atoms. The van der Waals surface area contributed by atoms with Gasteiger partial charge in [0.15, 0.2) is 0 Å². The van der Waals surface area contributed by atoms with Gasteiger partial charge in [0.25, 0.3) is 0 Å². The Bertz CT molecular complexity index is 111. The molecule has 0 aromatic heterocycles. The maximum Gasteiger partial charge on any atom is 0.310 e. The molecular weight excluding hydrogens is 148 g/mol. The van der Waals surface area contributed by atoms with Crippen molar-refractivity contribution in [2.24, 2.45) is 11.5 Å². The van der Waals surface area contributed by atoms with E-state index in [2.05, 4.69) is 0 Å². The lowest BCUT2D eigenvalue weighted by molar-refractivity contribution is -0.139. The minimum Gasteiger partial charge on any atom is -0.481 e. The predicted molar refractivity (Wildman–Crippen MR) is 41.0 cm³/mol. The molecule has 0 radical (unpaired) electrons. The van der Waals surface area contributed by atoms with Gasteiger partial charge in [0.2, 0.25) is 0 Å². The third-order valence-electron chi connectivity index (χ3n) is 0.567. The van der Waals surface area contributed by atoms with Crippen LogP contribution in [-0.4, -0.2) is 29.9 Å². The van der Waals surface area contributed by atoms with Crippen LogP contribution < -0.4 is 11.5 Å². The summed E-state index contributed by atoms with van der Waals surface area (Å²) in [6.45, 7) is 2.44. The Kier molecular flexibility index (Phi) is 10.5. The van der Waals surface area contributed by atoms with E-state index in [1.165, 1.54) is 6.92 Å². The largest absolute Gasteiger partial charge is 0.481 e. The van der Waals surface area contributed by atoms with Gasteiger partial charge >= 0.3 is 5.97 Å². The van der Waals surface area contributed by atoms with E-state index < -0.39 is 5.97 Å². The Hall–Kier alpha value is -0.940. The molecule has 66 valence electrons. The second-order valence-electron chi connectivity index (χ2n) is 1.85. The van der Waals surface area contributed by atoms with Crippen LogP contribution in [0.25, 0.3) is 0 Å². The van der Waals surface area contributed by atoms with Crippen LogP contribution >= 0.6 is 0 Å². The van der Waals surface area contributed by atoms with Crippen LogP contribution in [0.4, 0.5) is 0 Å². The zero-order valence-electron chi connectivity index (χ0n) is 6.54. The maximum atomic E-state index is 9.87. The van der Waals surface area contributed by atoms with Crippen molar-refractivity contribution in [3.8, 4) is 0 Å². The summed E-state index contributed by atoms with van der Waals surface area (Å²) in [7, 11) is 0. The van der Waals surface area contributed by atoms with Crippen molar-refractivity contribution in [3.63, 3.8) is 0 Å². The molecule has 0 amide bonds. The Morgan fingerprint density at radius 3 is 1.64 bits per heavy atom. The Morgan fingerprint density at radius 2 is 1.64 bits per heavy atom. The molecule has 5 heteroatoms. The van der Waals surface area contributed by atoms with Crippen molar-refractivity contribution >= 4 is 11.8 Å². The number of hydrogen-bond acceptors (Lipinski definition) is 4. The van der Waals surface area contributed by atoms with E-state index in [0.717, 1.165) is 0 Å². The van der Waals surface area contributed by atoms with Gasteiger partial charge in [-0.15, -0.1) is 0 Å². The molecule has 0 spiro atoms. The molecule has 0 saturated heterocycles. The van der Waals surface area contributed by atoms with Gasteiger partial charge in [0.1, 0.15) is 12.2 Å². The van der Waals surface area contributed by atoms with E-state index in [0.29, 0.717) is 13.1 Å². The highest BCUT2D eigenvalue weighted by atomic mass is 16.4. The molecule has 0 heterocycles. The topological polar surface area (TPSA) is 106 Å². The van der Waals surface area contributed by atoms with Gasteiger partial charge in [-0.05, 0) is 6.92 Å². The van der Waals surface area contributed by atoms with Crippen molar-refractivity contribution in [1.29, 1.82) is 0 Å². The third kappa shape index (κ3) is 27.4. The van der Waals surface area contributed by atoms with Crippen LogP contribution in [0, 0.1) is 0 Å². The van der Waals surface area contributed by atoms with Crippen LogP contribution in [0.3, 0.4) is 0 Å². The summed E-state index contributed by atoms with van der Waals surface area (Å²) in [6.07, 6.45) is -0.361. The number of carboxylic acid groups (broad SMARTS) is 1. The van der Waals surface area contributed by atoms with E-state index in [1.54, 1.807) is 0 Å². The van der Waals surface area contributed by atoms with Gasteiger partial charge in [0, 0.05) is 13.1 Å². The first-order valence-corrected chi connectivity index (χ1v) is 3.16. The summed E-state index contributed by atoms with van der Waals surface area (Å²) in [4.78, 5) is 19.5. The molecule has 0 aliphatic carbocycles. The van der Waals surface area contributed by atoms with E-state index >= 15 is 0 Å². The van der Waals surface area contributed by atoms with E-state index in [1.807, 2.05) is 0 Å². The normalized spacial score (nSPS) is 7.91. The van der Waals surface area contributed by atoms with Gasteiger partial charge < -0.3 is 16.6 Å². The van der Waals surface area contributed by atoms with Gasteiger partial charge in [-0.25, -0.2) is 0 Å². The fourth-order valence-corrected chi connectivity index (χ4v) is 0.213. The van der Waals surface area contributed by atoms with Crippen molar-refractivity contribution in [2.75, 3.05) is 13.1 Å². The van der Waals surface area contributed by atoms with Crippen molar-refractivity contribution < 1.29 is 14.7 Å². The zero-order chi connectivity index (χ0) is 9.28. The number of carbonyl (C=O) groups excluding carboxylic acids is 1. The maximum absolute atomic E-state index is 9.87. The number of ketones is 1. The fourth-order valence-electron chi connectivity index (χ4n) is 0.213. The van der Waals surface area contributed by atoms with Crippen molar-refractivity contribution in [2.45, 2.75) is 13.3 Å². The lowest BCUT2D eigenvalue weighted by Gasteiger charge is -1.80. The third-order valence-corrected chi connectivity index (χ3v) is 0.567. The Labute approximate surface area is 65.4 Å². The molecule has 0 bridgehead atoms. The first-order valence-electron chi connectivity index (χ1n) is 3.16. The standard InChI is InChI=1S/C4H6O3.C2H8N2/c1-3(5)2-4(6)7;3-1-2-4/h2H2,1H3,(H,6,7);1-4H2. The summed E-state index contributed by atoms with van der Waals surface area (Å²) in [5.74, 6) is -1.37. The molecule has 0 aliphatic heterocycles. The second kappa shape index (κ2) is 9.06. The van der Waals surface area contributed by atoms with Gasteiger partial charge in [-0.2, -0.15) is 0 Å². The molecule has 0 saturated carbocycles. The summed E-state index contributed by atoms with van der Waals surface area (Å²) in [5, 5.41) is 7.86. The Morgan fingerprint density at radius 1 is 1.27 bits per heavy atom. The molecule has 5 nitrogen and oxygen atoms in total. The highest BCUT2D eigenvalue weighted by molar-refractivity contribution is 5.93. The van der Waals surface area contributed by atoms with Crippen LogP contribution in [0.15, 0.2) is 0 Å². The van der Waals surface area contributed by atoms with Crippen LogP contribution in [-0.2, 0) is 9.59 Å². The van der Waals surface area contributed by atoms with E-state index in [4.69, 9.17) is 16.6 Å². The van der Waals surface area contributed by atoms with Gasteiger partial charge in [0.05, 0.1) is 0 Å². The molecule has 0 rings (SSSR count). The average Bonchev–Trinajstić information content (AvgIpc) is 1.85. The SMILES string of the molecule is CC(=O)CC(=O)O.NCCN. The molecule has 5 N–H and O–H groups in total.